The molecule has 0 unspecified atom stereocenters. The first-order chi connectivity index (χ1) is 11.7. The van der Waals surface area contributed by atoms with Crippen molar-refractivity contribution < 1.29 is 14.1 Å². The van der Waals surface area contributed by atoms with Crippen molar-refractivity contribution >= 4 is 5.97 Å². The standard InChI is InChI=1S/C18H26N4O3/c1-12(2)22-10-7-13(20-22)11-14-19-15(21-25-14)18(8-6-9-18)16(23)24-17(3,4)5/h7,10,12H,6,8-9,11H2,1-5H3. The Morgan fingerprint density at radius 2 is 2.12 bits per heavy atom. The highest BCUT2D eigenvalue weighted by atomic mass is 16.6. The van der Waals surface area contributed by atoms with Crippen LogP contribution in [0.15, 0.2) is 16.8 Å². The van der Waals surface area contributed by atoms with Gasteiger partial charge in [-0.1, -0.05) is 11.6 Å². The average Bonchev–Trinajstić information content (AvgIpc) is 3.06. The fraction of sp³-hybridized carbons (Fsp3) is 0.667. The zero-order valence-corrected chi connectivity index (χ0v) is 15.6. The quantitative estimate of drug-likeness (QED) is 0.773. The summed E-state index contributed by atoms with van der Waals surface area (Å²) in [6.45, 7) is 9.74. The Labute approximate surface area is 147 Å². The molecular weight excluding hydrogens is 320 g/mol. The largest absolute Gasteiger partial charge is 0.459 e. The highest BCUT2D eigenvalue weighted by Gasteiger charge is 2.52. The van der Waals surface area contributed by atoms with E-state index in [1.54, 1.807) is 0 Å². The molecule has 0 aromatic carbocycles. The number of carbonyl (C=O) groups is 1. The molecule has 0 amide bonds. The molecule has 136 valence electrons. The van der Waals surface area contributed by atoms with Crippen LogP contribution in [0.1, 0.15) is 77.3 Å². The van der Waals surface area contributed by atoms with Gasteiger partial charge in [-0.25, -0.2) is 0 Å². The van der Waals surface area contributed by atoms with Gasteiger partial charge in [0.25, 0.3) is 0 Å². The number of aromatic nitrogens is 4. The lowest BCUT2D eigenvalue weighted by Crippen LogP contribution is -2.47. The summed E-state index contributed by atoms with van der Waals surface area (Å²) in [5.41, 5.74) is -0.425. The second kappa shape index (κ2) is 6.28. The molecule has 1 aliphatic carbocycles. The first-order valence-electron chi connectivity index (χ1n) is 8.80. The molecule has 25 heavy (non-hydrogen) atoms. The van der Waals surface area contributed by atoms with Crippen LogP contribution in [0.3, 0.4) is 0 Å². The summed E-state index contributed by atoms with van der Waals surface area (Å²) < 4.78 is 12.9. The van der Waals surface area contributed by atoms with E-state index in [-0.39, 0.29) is 5.97 Å². The molecule has 1 saturated carbocycles. The Morgan fingerprint density at radius 1 is 1.40 bits per heavy atom. The van der Waals surface area contributed by atoms with Crippen molar-refractivity contribution in [1.82, 2.24) is 19.9 Å². The van der Waals surface area contributed by atoms with Crippen LogP contribution in [0.25, 0.3) is 0 Å². The number of nitrogens with zero attached hydrogens (tertiary/aromatic N) is 4. The number of hydrogen-bond donors (Lipinski definition) is 0. The van der Waals surface area contributed by atoms with Gasteiger partial charge in [-0.05, 0) is 53.5 Å². The maximum Gasteiger partial charge on any atom is 0.320 e. The molecule has 7 heteroatoms. The van der Waals surface area contributed by atoms with Crippen molar-refractivity contribution in [1.29, 1.82) is 0 Å². The van der Waals surface area contributed by atoms with E-state index in [1.807, 2.05) is 37.7 Å². The molecular formula is C18H26N4O3. The van der Waals surface area contributed by atoms with Gasteiger partial charge >= 0.3 is 5.97 Å². The third kappa shape index (κ3) is 3.60. The molecule has 7 nitrogen and oxygen atoms in total. The van der Waals surface area contributed by atoms with E-state index in [1.165, 1.54) is 0 Å². The van der Waals surface area contributed by atoms with Crippen molar-refractivity contribution in [2.75, 3.05) is 0 Å². The van der Waals surface area contributed by atoms with Crippen LogP contribution in [-0.2, 0) is 21.4 Å². The van der Waals surface area contributed by atoms with Gasteiger partial charge in [0.05, 0.1) is 12.1 Å². The van der Waals surface area contributed by atoms with Crippen molar-refractivity contribution in [2.45, 2.75) is 77.4 Å². The molecule has 0 saturated heterocycles. The van der Waals surface area contributed by atoms with E-state index in [2.05, 4.69) is 29.1 Å². The monoisotopic (exact) mass is 346 g/mol. The molecule has 0 N–H and O–H groups in total. The zero-order chi connectivity index (χ0) is 18.2. The maximum absolute atomic E-state index is 12.6. The lowest BCUT2D eigenvalue weighted by atomic mass is 9.68. The number of carbonyl (C=O) groups excluding carboxylic acids is 1. The molecule has 0 aliphatic heterocycles. The van der Waals surface area contributed by atoms with Gasteiger partial charge in [-0.2, -0.15) is 10.1 Å². The van der Waals surface area contributed by atoms with Gasteiger partial charge in [0.1, 0.15) is 11.0 Å². The van der Waals surface area contributed by atoms with E-state index in [0.717, 1.165) is 12.1 Å². The maximum atomic E-state index is 12.6. The normalized spacial score (nSPS) is 16.7. The van der Waals surface area contributed by atoms with Gasteiger partial charge in [0.15, 0.2) is 5.82 Å². The Morgan fingerprint density at radius 3 is 2.64 bits per heavy atom. The summed E-state index contributed by atoms with van der Waals surface area (Å²) in [5, 5.41) is 8.57. The van der Waals surface area contributed by atoms with Crippen LogP contribution in [0.5, 0.6) is 0 Å². The van der Waals surface area contributed by atoms with E-state index in [9.17, 15) is 4.79 Å². The predicted molar refractivity (Wildman–Crippen MR) is 91.1 cm³/mol. The molecule has 0 spiro atoms. The molecule has 2 heterocycles. The topological polar surface area (TPSA) is 83.0 Å². The molecule has 2 aromatic heterocycles. The molecule has 1 fully saturated rings. The summed E-state index contributed by atoms with van der Waals surface area (Å²) in [7, 11) is 0. The van der Waals surface area contributed by atoms with Gasteiger partial charge in [-0.15, -0.1) is 0 Å². The van der Waals surface area contributed by atoms with Crippen molar-refractivity contribution in [3.8, 4) is 0 Å². The molecule has 3 rings (SSSR count). The molecule has 1 aliphatic rings. The Bertz CT molecular complexity index is 750. The first-order valence-corrected chi connectivity index (χ1v) is 8.80. The number of ether oxygens (including phenoxy) is 1. The Balaban J connectivity index is 1.76. The molecule has 0 bridgehead atoms. The average molecular weight is 346 g/mol. The number of esters is 1. The van der Waals surface area contributed by atoms with Gasteiger partial charge < -0.3 is 9.26 Å². The lowest BCUT2D eigenvalue weighted by Gasteiger charge is -2.38. The third-order valence-electron chi connectivity index (χ3n) is 4.42. The van der Waals surface area contributed by atoms with E-state index >= 15 is 0 Å². The summed E-state index contributed by atoms with van der Waals surface area (Å²) in [6, 6.07) is 2.24. The highest BCUT2D eigenvalue weighted by Crippen LogP contribution is 2.44. The van der Waals surface area contributed by atoms with Gasteiger partial charge in [0.2, 0.25) is 5.89 Å². The van der Waals surface area contributed by atoms with Crippen molar-refractivity contribution in [3.05, 3.63) is 29.7 Å². The predicted octanol–water partition coefficient (Wildman–Crippen LogP) is 3.20. The molecule has 0 radical (unpaired) electrons. The second-order valence-corrected chi connectivity index (χ2v) is 8.01. The SMILES string of the molecule is CC(C)n1ccc(Cc2nc(C3(C(=O)OC(C)(C)C)CCC3)no2)n1. The fourth-order valence-corrected chi connectivity index (χ4v) is 2.86. The molecule has 2 aromatic rings. The van der Waals surface area contributed by atoms with Crippen LogP contribution < -0.4 is 0 Å². The smallest absolute Gasteiger partial charge is 0.320 e. The summed E-state index contributed by atoms with van der Waals surface area (Å²) in [4.78, 5) is 17.1. The number of hydrogen-bond acceptors (Lipinski definition) is 6. The minimum atomic E-state index is -0.758. The van der Waals surface area contributed by atoms with Gasteiger partial charge in [-0.3, -0.25) is 9.48 Å². The van der Waals surface area contributed by atoms with Crippen molar-refractivity contribution in [3.63, 3.8) is 0 Å². The fourth-order valence-electron chi connectivity index (χ4n) is 2.86. The summed E-state index contributed by atoms with van der Waals surface area (Å²) in [5.74, 6) is 0.646. The third-order valence-corrected chi connectivity index (χ3v) is 4.42. The lowest BCUT2D eigenvalue weighted by molar-refractivity contribution is -0.166. The molecule has 0 atom stereocenters. The second-order valence-electron chi connectivity index (χ2n) is 8.01. The van der Waals surface area contributed by atoms with Crippen LogP contribution in [-0.4, -0.2) is 31.5 Å². The van der Waals surface area contributed by atoms with E-state index < -0.39 is 11.0 Å². The summed E-state index contributed by atoms with van der Waals surface area (Å²) in [6.07, 6.45) is 4.75. The Hall–Kier alpha value is -2.18. The van der Waals surface area contributed by atoms with E-state index in [4.69, 9.17) is 9.26 Å². The minimum Gasteiger partial charge on any atom is -0.459 e. The van der Waals surface area contributed by atoms with Crippen molar-refractivity contribution in [2.24, 2.45) is 0 Å². The minimum absolute atomic E-state index is 0.261. The highest BCUT2D eigenvalue weighted by molar-refractivity contribution is 5.83. The van der Waals surface area contributed by atoms with Crippen LogP contribution >= 0.6 is 0 Å². The van der Waals surface area contributed by atoms with E-state index in [0.29, 0.717) is 37.0 Å². The van der Waals surface area contributed by atoms with Crippen LogP contribution in [0.2, 0.25) is 0 Å². The zero-order valence-electron chi connectivity index (χ0n) is 15.6. The van der Waals surface area contributed by atoms with Crippen LogP contribution in [0.4, 0.5) is 0 Å². The Kier molecular flexibility index (Phi) is 4.43. The number of rotatable bonds is 5. The van der Waals surface area contributed by atoms with Crippen LogP contribution in [0, 0.1) is 0 Å². The van der Waals surface area contributed by atoms with Gasteiger partial charge in [0, 0.05) is 12.2 Å². The summed E-state index contributed by atoms with van der Waals surface area (Å²) >= 11 is 0. The first kappa shape index (κ1) is 17.6.